The van der Waals surface area contributed by atoms with Gasteiger partial charge in [0, 0.05) is 43.9 Å². The molecule has 3 rings (SSSR count). The molecule has 3 aliphatic rings. The second-order valence-electron chi connectivity index (χ2n) is 20.0. The van der Waals surface area contributed by atoms with Gasteiger partial charge in [-0.25, -0.2) is 0 Å². The number of hydrogen-bond donors (Lipinski definition) is 14. The number of carbonyl (C=O) groups is 2. The van der Waals surface area contributed by atoms with E-state index in [1.165, 1.54) is 0 Å². The van der Waals surface area contributed by atoms with Gasteiger partial charge in [0.15, 0.2) is 18.9 Å². The van der Waals surface area contributed by atoms with E-state index in [0.29, 0.717) is 0 Å². The molecule has 0 bridgehead atoms. The van der Waals surface area contributed by atoms with Gasteiger partial charge in [0.2, 0.25) is 11.8 Å². The van der Waals surface area contributed by atoms with Crippen molar-refractivity contribution in [1.29, 1.82) is 0 Å². The van der Waals surface area contributed by atoms with Gasteiger partial charge in [-0.1, -0.05) is 6.92 Å². The van der Waals surface area contributed by atoms with E-state index in [9.17, 15) is 76.1 Å². The van der Waals surface area contributed by atoms with E-state index in [2.05, 4.69) is 10.6 Å². The summed E-state index contributed by atoms with van der Waals surface area (Å²) in [6.07, 6.45) is -20.7. The summed E-state index contributed by atoms with van der Waals surface area (Å²) >= 11 is 0. The molecule has 3 heterocycles. The van der Waals surface area contributed by atoms with Crippen molar-refractivity contribution < 1.29 is 142 Å². The minimum absolute atomic E-state index is 0.0119. The predicted molar refractivity (Wildman–Crippen MR) is 279 cm³/mol. The fourth-order valence-electron chi connectivity index (χ4n) is 7.98. The molecule has 490 valence electrons. The maximum Gasteiger partial charge on any atom is 0.222 e. The standard InChI is InChI=1S/C50H94N3O30/c1-32(53(68)7-12-71-15-18-74-21-24-80-49-46(67)43(64)40(61)35(27-56)83-49)28-77-31-50(2,29-75-8-3-36(57)51-5-10-69-13-16-72-19-22-78-47-44(65)41(62)38(59)33(25-54)81-47)30-76-9-4-37(58)52-6-11-70-14-17-73-20-23-79-48-45(66)42(63)39(60)34(26-55)82-48/h32-35,38-49,54-56,59-67H,3-31H2,1-2H3,(H,51,57)(H,52,58)/q-1/t32?,33?,34?,35?,38-,39-,40-,41?,42?,43?,44?,45?,46?,47+,48+,49+,50?/m1/s1. The summed E-state index contributed by atoms with van der Waals surface area (Å²) in [5.41, 5.74) is -0.771. The van der Waals surface area contributed by atoms with Gasteiger partial charge in [0.25, 0.3) is 0 Å². The maximum absolute atomic E-state index is 12.8. The lowest BCUT2D eigenvalue weighted by molar-refractivity contribution is -0.302. The first-order valence-electron chi connectivity index (χ1n) is 27.8. The van der Waals surface area contributed by atoms with E-state index in [-0.39, 0.29) is 183 Å². The lowest BCUT2D eigenvalue weighted by atomic mass is 9.94. The third-order valence-electron chi connectivity index (χ3n) is 12.9. The van der Waals surface area contributed by atoms with Crippen molar-refractivity contribution in [1.82, 2.24) is 15.7 Å². The second kappa shape index (κ2) is 43.4. The monoisotopic (exact) mass is 1220 g/mol. The van der Waals surface area contributed by atoms with E-state index >= 15 is 0 Å². The molecule has 0 aliphatic carbocycles. The molecule has 0 spiro atoms. The molecule has 10 unspecified atom stereocenters. The zero-order valence-electron chi connectivity index (χ0n) is 47.4. The van der Waals surface area contributed by atoms with Crippen LogP contribution in [0.2, 0.25) is 0 Å². The SMILES string of the molecule is CC(COCC(C)(COCCC(=O)NCCOCCOCCO[C@H]1OC(CO)[C@@H](O)C(O)C1O)COCCC(=O)NCCOCCOCCO[C@H]1OC(CO)[C@@H](O)C(O)C1O)N([O-])CCOCCOCCO[C@H]1OC(CO)[C@@H](O)C(O)C1O. The molecule has 3 fully saturated rings. The topological polar surface area (TPSA) is 466 Å². The second-order valence-corrected chi connectivity index (χ2v) is 20.0. The van der Waals surface area contributed by atoms with E-state index in [1.54, 1.807) is 6.92 Å². The van der Waals surface area contributed by atoms with Crippen LogP contribution in [0.3, 0.4) is 0 Å². The molecule has 83 heavy (non-hydrogen) atoms. The molecular weight excluding hydrogens is 1120 g/mol. The van der Waals surface area contributed by atoms with Gasteiger partial charge in [-0.3, -0.25) is 9.59 Å². The van der Waals surface area contributed by atoms with E-state index in [0.717, 1.165) is 5.06 Å². The summed E-state index contributed by atoms with van der Waals surface area (Å²) in [4.78, 5) is 25.1. The number of amides is 2. The predicted octanol–water partition coefficient (Wildman–Crippen LogP) is -8.21. The number of hydroxylamine groups is 2. The zero-order valence-corrected chi connectivity index (χ0v) is 47.4. The molecule has 3 aliphatic heterocycles. The van der Waals surface area contributed by atoms with Gasteiger partial charge < -0.3 is 153 Å². The Kier molecular flexibility index (Phi) is 39.3. The number of aliphatic hydroxyl groups excluding tert-OH is 12. The highest BCUT2D eigenvalue weighted by atomic mass is 16.7. The van der Waals surface area contributed by atoms with Gasteiger partial charge in [-0.2, -0.15) is 0 Å². The highest BCUT2D eigenvalue weighted by Crippen LogP contribution is 2.25. The first-order chi connectivity index (χ1) is 39.9. The van der Waals surface area contributed by atoms with Crippen LogP contribution in [-0.2, 0) is 80.6 Å². The molecule has 0 aromatic rings. The molecule has 33 heteroatoms. The van der Waals surface area contributed by atoms with Crippen LogP contribution in [0.15, 0.2) is 0 Å². The Morgan fingerprint density at radius 2 is 0.759 bits per heavy atom. The maximum atomic E-state index is 12.8. The Labute approximate surface area is 482 Å². The number of ether oxygens (including phenoxy) is 15. The van der Waals surface area contributed by atoms with Crippen LogP contribution >= 0.6 is 0 Å². The minimum Gasteiger partial charge on any atom is -0.785 e. The van der Waals surface area contributed by atoms with Gasteiger partial charge >= 0.3 is 0 Å². The quantitative estimate of drug-likeness (QED) is 0.0199. The van der Waals surface area contributed by atoms with Crippen LogP contribution in [0, 0.1) is 10.6 Å². The van der Waals surface area contributed by atoms with E-state index < -0.39 is 123 Å². The van der Waals surface area contributed by atoms with Crippen molar-refractivity contribution >= 4 is 11.8 Å². The number of aliphatic hydroxyl groups is 12. The highest BCUT2D eigenvalue weighted by Gasteiger charge is 2.46. The summed E-state index contributed by atoms with van der Waals surface area (Å²) in [5, 5.41) is 136. The van der Waals surface area contributed by atoms with Crippen LogP contribution in [0.5, 0.6) is 0 Å². The molecule has 3 saturated heterocycles. The summed E-state index contributed by atoms with van der Waals surface area (Å²) < 4.78 is 82.4. The molecule has 0 aromatic carbocycles. The molecule has 0 saturated carbocycles. The average molecular weight is 1220 g/mol. The molecule has 14 N–H and O–H groups in total. The summed E-state index contributed by atoms with van der Waals surface area (Å²) in [6, 6.07) is -0.568. The zero-order chi connectivity index (χ0) is 61.0. The number of carbonyl (C=O) groups excluding carboxylic acids is 2. The van der Waals surface area contributed by atoms with E-state index in [1.807, 2.05) is 6.92 Å². The van der Waals surface area contributed by atoms with Crippen molar-refractivity contribution in [3.05, 3.63) is 5.21 Å². The van der Waals surface area contributed by atoms with Crippen molar-refractivity contribution in [2.45, 2.75) is 125 Å². The van der Waals surface area contributed by atoms with Crippen LogP contribution in [-0.4, -0.2) is 355 Å². The van der Waals surface area contributed by atoms with Gasteiger partial charge in [0.05, 0.1) is 159 Å². The van der Waals surface area contributed by atoms with Crippen molar-refractivity contribution in [3.8, 4) is 0 Å². The molecule has 0 radical (unpaired) electrons. The summed E-state index contributed by atoms with van der Waals surface area (Å²) in [5.74, 6) is -0.569. The van der Waals surface area contributed by atoms with Crippen molar-refractivity contribution in [3.63, 3.8) is 0 Å². The average Bonchev–Trinajstić information content (AvgIpc) is 3.69. The van der Waals surface area contributed by atoms with Gasteiger partial charge in [-0.15, -0.1) is 0 Å². The molecule has 0 aromatic heterocycles. The van der Waals surface area contributed by atoms with Crippen LogP contribution < -0.4 is 10.6 Å². The Morgan fingerprint density at radius 1 is 0.446 bits per heavy atom. The number of hydrogen-bond acceptors (Lipinski definition) is 31. The molecule has 2 amide bonds. The number of rotatable bonds is 48. The Hall–Kier alpha value is -2.22. The third kappa shape index (κ3) is 29.1. The fraction of sp³-hybridized carbons (Fsp3) is 0.960. The normalized spacial score (nSPS) is 29.7. The summed E-state index contributed by atoms with van der Waals surface area (Å²) in [7, 11) is 0. The molecule has 33 nitrogen and oxygen atoms in total. The first-order valence-corrected chi connectivity index (χ1v) is 27.8. The van der Waals surface area contributed by atoms with Gasteiger partial charge in [0.1, 0.15) is 73.2 Å². The third-order valence-corrected chi connectivity index (χ3v) is 12.9. The van der Waals surface area contributed by atoms with E-state index in [4.69, 9.17) is 71.1 Å². The Morgan fingerprint density at radius 3 is 1.11 bits per heavy atom. The van der Waals surface area contributed by atoms with Crippen LogP contribution in [0.25, 0.3) is 0 Å². The van der Waals surface area contributed by atoms with Crippen LogP contribution in [0.1, 0.15) is 26.7 Å². The fourth-order valence-corrected chi connectivity index (χ4v) is 7.98. The van der Waals surface area contributed by atoms with Crippen LogP contribution in [0.4, 0.5) is 0 Å². The Bertz CT molecular complexity index is 1580. The number of nitrogens with one attached hydrogen (secondary N) is 2. The summed E-state index contributed by atoms with van der Waals surface area (Å²) in [6.45, 7) is 4.58. The lowest BCUT2D eigenvalue weighted by Gasteiger charge is -2.39. The first kappa shape index (κ1) is 75.0. The van der Waals surface area contributed by atoms with Crippen molar-refractivity contribution in [2.75, 3.05) is 178 Å². The molecular formula is C50H94N3O30-. The highest BCUT2D eigenvalue weighted by molar-refractivity contribution is 5.76. The van der Waals surface area contributed by atoms with Crippen molar-refractivity contribution in [2.24, 2.45) is 5.41 Å². The number of nitrogens with zero attached hydrogens (tertiary/aromatic N) is 1. The minimum atomic E-state index is -1.56. The Balaban J connectivity index is 1.29. The van der Waals surface area contributed by atoms with Gasteiger partial charge in [-0.05, 0) is 6.92 Å². The molecule has 16 atom stereocenters. The smallest absolute Gasteiger partial charge is 0.222 e. The lowest BCUT2D eigenvalue weighted by Crippen LogP contribution is -2.59. The largest absolute Gasteiger partial charge is 0.785 e.